The summed E-state index contributed by atoms with van der Waals surface area (Å²) in [7, 11) is 1.70. The van der Waals surface area contributed by atoms with Crippen LogP contribution in [0.5, 0.6) is 5.75 Å². The zero-order valence-corrected chi connectivity index (χ0v) is 14.6. The van der Waals surface area contributed by atoms with Gasteiger partial charge in [0, 0.05) is 6.54 Å². The minimum absolute atomic E-state index is 0.181. The minimum Gasteiger partial charge on any atom is -0.496 e. The fourth-order valence-electron chi connectivity index (χ4n) is 2.31. The molecule has 0 amide bonds. The van der Waals surface area contributed by atoms with E-state index in [4.69, 9.17) is 9.15 Å². The summed E-state index contributed by atoms with van der Waals surface area (Å²) in [5, 5.41) is 0. The van der Waals surface area contributed by atoms with E-state index in [0.717, 1.165) is 5.56 Å². The summed E-state index contributed by atoms with van der Waals surface area (Å²) < 4.78 is 38.1. The van der Waals surface area contributed by atoms with Gasteiger partial charge in [-0.25, -0.2) is 13.1 Å². The number of hydrogen-bond donors (Lipinski definition) is 1. The smallest absolute Gasteiger partial charge is 0.240 e. The van der Waals surface area contributed by atoms with Crippen molar-refractivity contribution in [3.8, 4) is 5.75 Å². The molecule has 0 spiro atoms. The Kier molecular flexibility index (Phi) is 5.46. The van der Waals surface area contributed by atoms with Crippen molar-refractivity contribution in [2.45, 2.75) is 17.9 Å². The van der Waals surface area contributed by atoms with E-state index >= 15 is 0 Å². The molecule has 0 saturated carbocycles. The Balaban J connectivity index is 2.16. The van der Waals surface area contributed by atoms with E-state index in [2.05, 4.69) is 4.72 Å². The Labute approximate surface area is 137 Å². The summed E-state index contributed by atoms with van der Waals surface area (Å²) in [6.45, 7) is 2.03. The summed E-state index contributed by atoms with van der Waals surface area (Å²) in [6, 6.07) is 8.22. The summed E-state index contributed by atoms with van der Waals surface area (Å²) in [5.41, 5.74) is 0.769. The van der Waals surface area contributed by atoms with Crippen LogP contribution in [0.3, 0.4) is 0 Å². The molecule has 0 saturated heterocycles. The highest BCUT2D eigenvalue weighted by atomic mass is 32.2. The zero-order chi connectivity index (χ0) is 17.0. The van der Waals surface area contributed by atoms with Crippen LogP contribution in [0.15, 0.2) is 45.9 Å². The van der Waals surface area contributed by atoms with Crippen molar-refractivity contribution in [3.63, 3.8) is 0 Å². The molecular formula is C16H22N2O4S. The van der Waals surface area contributed by atoms with Crippen molar-refractivity contribution in [1.82, 2.24) is 9.62 Å². The number of nitrogens with zero attached hydrogens (tertiary/aromatic N) is 1. The van der Waals surface area contributed by atoms with E-state index in [1.54, 1.807) is 31.6 Å². The van der Waals surface area contributed by atoms with E-state index in [-0.39, 0.29) is 17.5 Å². The first-order chi connectivity index (χ1) is 10.8. The number of benzene rings is 1. The highest BCUT2D eigenvalue weighted by molar-refractivity contribution is 7.89. The van der Waals surface area contributed by atoms with Crippen LogP contribution in [0.1, 0.15) is 17.4 Å². The van der Waals surface area contributed by atoms with E-state index in [1.807, 2.05) is 32.0 Å². The zero-order valence-electron chi connectivity index (χ0n) is 13.7. The van der Waals surface area contributed by atoms with E-state index in [9.17, 15) is 8.42 Å². The molecule has 1 aromatic carbocycles. The van der Waals surface area contributed by atoms with E-state index in [0.29, 0.717) is 11.5 Å². The Morgan fingerprint density at radius 3 is 2.57 bits per heavy atom. The molecular weight excluding hydrogens is 316 g/mol. The second-order valence-corrected chi connectivity index (χ2v) is 7.25. The second kappa shape index (κ2) is 7.16. The lowest BCUT2D eigenvalue weighted by Crippen LogP contribution is -2.34. The Morgan fingerprint density at radius 1 is 1.30 bits per heavy atom. The Bertz CT molecular complexity index is 739. The van der Waals surface area contributed by atoms with Crippen molar-refractivity contribution < 1.29 is 17.6 Å². The predicted octanol–water partition coefficient (Wildman–Crippen LogP) is 2.18. The van der Waals surface area contributed by atoms with E-state index < -0.39 is 10.0 Å². The molecule has 0 radical (unpaired) electrons. The van der Waals surface area contributed by atoms with Crippen molar-refractivity contribution in [2.75, 3.05) is 27.7 Å². The topological polar surface area (TPSA) is 71.8 Å². The SMILES string of the molecule is COc1ccc(S(=O)(=O)NCC(c2ccco2)N(C)C)cc1C. The number of methoxy groups -OCH3 is 1. The van der Waals surface area contributed by atoms with Crippen LogP contribution in [0.2, 0.25) is 0 Å². The van der Waals surface area contributed by atoms with Gasteiger partial charge in [-0.2, -0.15) is 0 Å². The van der Waals surface area contributed by atoms with Gasteiger partial charge in [0.05, 0.1) is 24.3 Å². The largest absolute Gasteiger partial charge is 0.496 e. The molecule has 0 bridgehead atoms. The van der Waals surface area contributed by atoms with Gasteiger partial charge in [0.1, 0.15) is 11.5 Å². The van der Waals surface area contributed by atoms with Crippen LogP contribution < -0.4 is 9.46 Å². The molecule has 1 heterocycles. The van der Waals surface area contributed by atoms with Gasteiger partial charge >= 0.3 is 0 Å². The number of rotatable bonds is 7. The lowest BCUT2D eigenvalue weighted by atomic mass is 10.2. The van der Waals surface area contributed by atoms with Gasteiger partial charge in [-0.05, 0) is 56.9 Å². The van der Waals surface area contributed by atoms with Crippen LogP contribution in [0.4, 0.5) is 0 Å². The first kappa shape index (κ1) is 17.5. The fraction of sp³-hybridized carbons (Fsp3) is 0.375. The summed E-state index contributed by atoms with van der Waals surface area (Å²) in [6.07, 6.45) is 1.58. The van der Waals surface area contributed by atoms with Gasteiger partial charge in [0.2, 0.25) is 10.0 Å². The molecule has 23 heavy (non-hydrogen) atoms. The first-order valence-corrected chi connectivity index (χ1v) is 8.67. The molecule has 1 aromatic heterocycles. The third kappa shape index (κ3) is 4.13. The Hall–Kier alpha value is -1.83. The normalized spacial score (nSPS) is 13.3. The average molecular weight is 338 g/mol. The van der Waals surface area contributed by atoms with Gasteiger partial charge in [-0.1, -0.05) is 0 Å². The van der Waals surface area contributed by atoms with Crippen molar-refractivity contribution in [3.05, 3.63) is 47.9 Å². The Morgan fingerprint density at radius 2 is 2.04 bits per heavy atom. The third-order valence-electron chi connectivity index (χ3n) is 3.64. The van der Waals surface area contributed by atoms with Crippen LogP contribution in [0, 0.1) is 6.92 Å². The molecule has 0 fully saturated rings. The number of sulfonamides is 1. The summed E-state index contributed by atoms with van der Waals surface area (Å²) >= 11 is 0. The van der Waals surface area contributed by atoms with E-state index in [1.165, 1.54) is 6.07 Å². The molecule has 0 aliphatic carbocycles. The number of likely N-dealkylation sites (N-methyl/N-ethyl adjacent to an activating group) is 1. The highest BCUT2D eigenvalue weighted by Gasteiger charge is 2.21. The van der Waals surface area contributed by atoms with Gasteiger partial charge in [0.25, 0.3) is 0 Å². The molecule has 0 aliphatic heterocycles. The van der Waals surface area contributed by atoms with Crippen LogP contribution in [-0.2, 0) is 10.0 Å². The number of furan rings is 1. The minimum atomic E-state index is -3.60. The summed E-state index contributed by atoms with van der Waals surface area (Å²) in [5.74, 6) is 1.37. The number of aryl methyl sites for hydroxylation is 1. The number of ether oxygens (including phenoxy) is 1. The molecule has 1 atom stereocenters. The standard InChI is InChI=1S/C16H22N2O4S/c1-12-10-13(7-8-15(12)21-4)23(19,20)17-11-14(18(2)3)16-6-5-9-22-16/h5-10,14,17H,11H2,1-4H3. The number of hydrogen-bond acceptors (Lipinski definition) is 5. The molecule has 0 aliphatic rings. The third-order valence-corrected chi connectivity index (χ3v) is 5.06. The maximum atomic E-state index is 12.5. The molecule has 126 valence electrons. The fourth-order valence-corrected chi connectivity index (χ4v) is 3.43. The first-order valence-electron chi connectivity index (χ1n) is 7.19. The lowest BCUT2D eigenvalue weighted by molar-refractivity contribution is 0.259. The van der Waals surface area contributed by atoms with Gasteiger partial charge in [-0.3, -0.25) is 4.90 Å². The average Bonchev–Trinajstić information content (AvgIpc) is 3.01. The maximum Gasteiger partial charge on any atom is 0.240 e. The molecule has 7 heteroatoms. The molecule has 2 rings (SSSR count). The molecule has 1 N–H and O–H groups in total. The van der Waals surface area contributed by atoms with Crippen molar-refractivity contribution in [1.29, 1.82) is 0 Å². The molecule has 2 aromatic rings. The molecule has 1 unspecified atom stereocenters. The maximum absolute atomic E-state index is 12.5. The van der Waals surface area contributed by atoms with Gasteiger partial charge < -0.3 is 9.15 Å². The lowest BCUT2D eigenvalue weighted by Gasteiger charge is -2.22. The van der Waals surface area contributed by atoms with Crippen LogP contribution in [0.25, 0.3) is 0 Å². The van der Waals surface area contributed by atoms with Crippen molar-refractivity contribution in [2.24, 2.45) is 0 Å². The summed E-state index contributed by atoms with van der Waals surface area (Å²) in [4.78, 5) is 2.12. The molecule has 6 nitrogen and oxygen atoms in total. The second-order valence-electron chi connectivity index (χ2n) is 5.48. The van der Waals surface area contributed by atoms with Crippen LogP contribution in [-0.4, -0.2) is 41.1 Å². The van der Waals surface area contributed by atoms with Gasteiger partial charge in [0.15, 0.2) is 0 Å². The van der Waals surface area contributed by atoms with Crippen molar-refractivity contribution >= 4 is 10.0 Å². The monoisotopic (exact) mass is 338 g/mol. The highest BCUT2D eigenvalue weighted by Crippen LogP contribution is 2.22. The van der Waals surface area contributed by atoms with Crippen LogP contribution >= 0.6 is 0 Å². The quantitative estimate of drug-likeness (QED) is 0.838. The predicted molar refractivity (Wildman–Crippen MR) is 88.1 cm³/mol. The number of nitrogens with one attached hydrogen (secondary N) is 1. The van der Waals surface area contributed by atoms with Gasteiger partial charge in [-0.15, -0.1) is 0 Å².